The number of nitrogen functional groups attached to an aromatic ring is 1. The first kappa shape index (κ1) is 17.0. The van der Waals surface area contributed by atoms with Crippen molar-refractivity contribution in [3.05, 3.63) is 24.0 Å². The number of nitrogens with zero attached hydrogens (tertiary/aromatic N) is 2. The van der Waals surface area contributed by atoms with Crippen LogP contribution in [0.3, 0.4) is 0 Å². The van der Waals surface area contributed by atoms with Crippen LogP contribution in [0.5, 0.6) is 0 Å². The lowest BCUT2D eigenvalue weighted by Gasteiger charge is -2.06. The highest BCUT2D eigenvalue weighted by Gasteiger charge is 2.09. The van der Waals surface area contributed by atoms with Crippen molar-refractivity contribution in [3.8, 4) is 0 Å². The summed E-state index contributed by atoms with van der Waals surface area (Å²) in [5, 5.41) is 18.0. The number of aliphatic hydroxyl groups excluding tert-OH is 2. The number of nitrogens with two attached hydrogens (primary N) is 1. The molecule has 102 valence electrons. The summed E-state index contributed by atoms with van der Waals surface area (Å²) in [7, 11) is 0. The third kappa shape index (κ3) is 3.26. The molecule has 0 aliphatic rings. The van der Waals surface area contributed by atoms with Gasteiger partial charge in [-0.3, -0.25) is 0 Å². The number of rotatable bonds is 4. The number of aliphatic hydroxyl groups is 2. The van der Waals surface area contributed by atoms with Gasteiger partial charge in [-0.1, -0.05) is 0 Å². The molecule has 0 saturated heterocycles. The number of hydrogen-bond acceptors (Lipinski definition) is 4. The molecule has 1 aromatic heterocycles. The van der Waals surface area contributed by atoms with E-state index < -0.39 is 0 Å². The quantitative estimate of drug-likeness (QED) is 0.743. The van der Waals surface area contributed by atoms with E-state index in [1.54, 1.807) is 12.1 Å². The Morgan fingerprint density at radius 3 is 2.56 bits per heavy atom. The van der Waals surface area contributed by atoms with Crippen molar-refractivity contribution in [1.29, 1.82) is 0 Å². The molecule has 0 radical (unpaired) electrons. The van der Waals surface area contributed by atoms with Crippen molar-refractivity contribution in [2.75, 3.05) is 12.3 Å². The van der Waals surface area contributed by atoms with Crippen molar-refractivity contribution in [2.45, 2.75) is 19.6 Å². The second-order valence-electron chi connectivity index (χ2n) is 3.66. The predicted octanol–water partition coefficient (Wildman–Crippen LogP) is 1.34. The van der Waals surface area contributed by atoms with Gasteiger partial charge in [0.2, 0.25) is 0 Å². The highest BCUT2D eigenvalue weighted by Crippen LogP contribution is 2.19. The summed E-state index contributed by atoms with van der Waals surface area (Å²) >= 11 is 0. The van der Waals surface area contributed by atoms with Crippen molar-refractivity contribution in [1.82, 2.24) is 9.55 Å². The van der Waals surface area contributed by atoms with Gasteiger partial charge in [-0.25, -0.2) is 4.98 Å². The van der Waals surface area contributed by atoms with Gasteiger partial charge >= 0.3 is 0 Å². The van der Waals surface area contributed by atoms with Gasteiger partial charge in [0.1, 0.15) is 12.4 Å². The molecule has 5 nitrogen and oxygen atoms in total. The molecule has 0 atom stereocenters. The van der Waals surface area contributed by atoms with Crippen molar-refractivity contribution < 1.29 is 10.2 Å². The lowest BCUT2D eigenvalue weighted by Crippen LogP contribution is -2.05. The first-order chi connectivity index (χ1) is 7.76. The molecule has 1 heterocycles. The molecule has 4 N–H and O–H groups in total. The zero-order chi connectivity index (χ0) is 11.5. The zero-order valence-electron chi connectivity index (χ0n) is 9.74. The molecular formula is C11H17Cl2N3O2. The lowest BCUT2D eigenvalue weighted by molar-refractivity contribution is 0.257. The Morgan fingerprint density at radius 2 is 1.94 bits per heavy atom. The average Bonchev–Trinajstić information content (AvgIpc) is 2.63. The fourth-order valence-electron chi connectivity index (χ4n) is 1.80. The highest BCUT2D eigenvalue weighted by molar-refractivity contribution is 5.85. The molecule has 0 fully saturated rings. The molecular weight excluding hydrogens is 277 g/mol. The van der Waals surface area contributed by atoms with E-state index in [4.69, 9.17) is 10.8 Å². The summed E-state index contributed by atoms with van der Waals surface area (Å²) in [6, 6.07) is 5.47. The molecule has 2 aromatic rings. The summed E-state index contributed by atoms with van der Waals surface area (Å²) in [5.74, 6) is 0.606. The summed E-state index contributed by atoms with van der Waals surface area (Å²) in [5.41, 5.74) is 8.05. The van der Waals surface area contributed by atoms with Gasteiger partial charge in [-0.15, -0.1) is 24.8 Å². The Kier molecular flexibility index (Phi) is 7.01. The van der Waals surface area contributed by atoms with Crippen LogP contribution in [0.15, 0.2) is 18.2 Å². The van der Waals surface area contributed by atoms with Gasteiger partial charge in [0.15, 0.2) is 0 Å². The normalized spacial score (nSPS) is 9.89. The molecule has 0 spiro atoms. The van der Waals surface area contributed by atoms with Crippen LogP contribution in [0.1, 0.15) is 12.2 Å². The Morgan fingerprint density at radius 1 is 1.22 bits per heavy atom. The van der Waals surface area contributed by atoms with Crippen LogP contribution in [0, 0.1) is 0 Å². The van der Waals surface area contributed by atoms with E-state index in [9.17, 15) is 5.11 Å². The van der Waals surface area contributed by atoms with Crippen molar-refractivity contribution >= 4 is 41.5 Å². The standard InChI is InChI=1S/C11H15N3O2.2ClH/c12-8-2-3-10-9(6-8)13-11(7-16)14(10)4-1-5-15;;/h2-3,6,15-16H,1,4-5,7,12H2;2*1H. The van der Waals surface area contributed by atoms with Gasteiger partial charge in [0.25, 0.3) is 0 Å². The number of aryl methyl sites for hydroxylation is 1. The first-order valence-corrected chi connectivity index (χ1v) is 5.22. The molecule has 18 heavy (non-hydrogen) atoms. The Labute approximate surface area is 117 Å². The topological polar surface area (TPSA) is 84.3 Å². The molecule has 0 saturated carbocycles. The minimum atomic E-state index is -0.111. The minimum Gasteiger partial charge on any atom is -0.399 e. The molecule has 0 bridgehead atoms. The number of aromatic nitrogens is 2. The number of benzene rings is 1. The van der Waals surface area contributed by atoms with Crippen LogP contribution in [-0.4, -0.2) is 26.4 Å². The number of imidazole rings is 1. The van der Waals surface area contributed by atoms with Gasteiger partial charge in [0.05, 0.1) is 11.0 Å². The maximum absolute atomic E-state index is 9.21. The van der Waals surface area contributed by atoms with Gasteiger partial charge in [-0.05, 0) is 24.6 Å². The van der Waals surface area contributed by atoms with Gasteiger partial charge < -0.3 is 20.5 Å². The highest BCUT2D eigenvalue weighted by atomic mass is 35.5. The van der Waals surface area contributed by atoms with Crippen molar-refractivity contribution in [2.24, 2.45) is 0 Å². The monoisotopic (exact) mass is 293 g/mol. The molecule has 2 rings (SSSR count). The molecule has 1 aromatic carbocycles. The number of anilines is 1. The van der Waals surface area contributed by atoms with E-state index >= 15 is 0 Å². The number of fused-ring (bicyclic) bond motifs is 1. The predicted molar refractivity (Wildman–Crippen MR) is 76.3 cm³/mol. The lowest BCUT2D eigenvalue weighted by atomic mass is 10.3. The van der Waals surface area contributed by atoms with Crippen LogP contribution >= 0.6 is 24.8 Å². The largest absolute Gasteiger partial charge is 0.399 e. The van der Waals surface area contributed by atoms with E-state index in [0.717, 1.165) is 11.0 Å². The molecule has 7 heteroatoms. The van der Waals surface area contributed by atoms with Crippen LogP contribution in [-0.2, 0) is 13.2 Å². The number of halogens is 2. The van der Waals surface area contributed by atoms with E-state index in [1.807, 2.05) is 10.6 Å². The van der Waals surface area contributed by atoms with Crippen LogP contribution in [0.2, 0.25) is 0 Å². The van der Waals surface area contributed by atoms with E-state index in [0.29, 0.717) is 24.5 Å². The summed E-state index contributed by atoms with van der Waals surface area (Å²) in [6.07, 6.45) is 0.642. The van der Waals surface area contributed by atoms with E-state index in [-0.39, 0.29) is 38.0 Å². The van der Waals surface area contributed by atoms with Crippen LogP contribution < -0.4 is 5.73 Å². The Balaban J connectivity index is 0.00000144. The average molecular weight is 294 g/mol. The molecule has 0 unspecified atom stereocenters. The van der Waals surface area contributed by atoms with E-state index in [2.05, 4.69) is 4.98 Å². The van der Waals surface area contributed by atoms with Crippen LogP contribution in [0.25, 0.3) is 11.0 Å². The summed E-state index contributed by atoms with van der Waals surface area (Å²) in [6.45, 7) is 0.659. The zero-order valence-corrected chi connectivity index (χ0v) is 11.4. The molecule has 0 aliphatic carbocycles. The van der Waals surface area contributed by atoms with Gasteiger partial charge in [0, 0.05) is 18.8 Å². The molecule has 0 amide bonds. The maximum atomic E-state index is 9.21. The number of hydrogen-bond donors (Lipinski definition) is 3. The molecule has 0 aliphatic heterocycles. The smallest absolute Gasteiger partial charge is 0.135 e. The minimum absolute atomic E-state index is 0. The maximum Gasteiger partial charge on any atom is 0.135 e. The third-order valence-electron chi connectivity index (χ3n) is 2.53. The first-order valence-electron chi connectivity index (χ1n) is 5.22. The summed E-state index contributed by atoms with van der Waals surface area (Å²) < 4.78 is 1.91. The SMILES string of the molecule is Cl.Cl.Nc1ccc2c(c1)nc(CO)n2CCCO. The Hall–Kier alpha value is -1.01. The fourth-order valence-corrected chi connectivity index (χ4v) is 1.80. The van der Waals surface area contributed by atoms with Crippen molar-refractivity contribution in [3.63, 3.8) is 0 Å². The summed E-state index contributed by atoms with van der Waals surface area (Å²) in [4.78, 5) is 4.30. The Bertz CT molecular complexity index is 502. The van der Waals surface area contributed by atoms with Gasteiger partial charge in [-0.2, -0.15) is 0 Å². The van der Waals surface area contributed by atoms with Crippen LogP contribution in [0.4, 0.5) is 5.69 Å². The third-order valence-corrected chi connectivity index (χ3v) is 2.53. The van der Waals surface area contributed by atoms with E-state index in [1.165, 1.54) is 0 Å². The second-order valence-corrected chi connectivity index (χ2v) is 3.66. The second kappa shape index (κ2) is 7.43. The fraction of sp³-hybridized carbons (Fsp3) is 0.364.